The number of amides is 1. The predicted octanol–water partition coefficient (Wildman–Crippen LogP) is 4.05. The van der Waals surface area contributed by atoms with Crippen LogP contribution in [0.4, 0.5) is 5.82 Å². The van der Waals surface area contributed by atoms with E-state index in [9.17, 15) is 9.59 Å². The van der Waals surface area contributed by atoms with Crippen LogP contribution in [0, 0.1) is 6.92 Å². The Morgan fingerprint density at radius 3 is 2.66 bits per heavy atom. The standard InChI is InChI=1S/C26H21N3O3/c1-17-8-7-13-27-25(17)29-16-21-23(32-22-12-6-5-11-20(22)24(21)30)14-19(29)15-28-26(31)18-9-3-2-4-10-18/h2-14,16,23H,15H2,1H3,(H,28,31)/t23-/m1/s1. The lowest BCUT2D eigenvalue weighted by molar-refractivity contribution is 0.0950. The summed E-state index contributed by atoms with van der Waals surface area (Å²) < 4.78 is 6.12. The Morgan fingerprint density at radius 2 is 1.84 bits per heavy atom. The van der Waals surface area contributed by atoms with Crippen molar-refractivity contribution < 1.29 is 14.3 Å². The van der Waals surface area contributed by atoms with Crippen LogP contribution in [0.3, 0.4) is 0 Å². The van der Waals surface area contributed by atoms with Gasteiger partial charge in [-0.15, -0.1) is 0 Å². The van der Waals surface area contributed by atoms with Crippen LogP contribution in [-0.4, -0.2) is 29.3 Å². The maximum atomic E-state index is 13.2. The summed E-state index contributed by atoms with van der Waals surface area (Å²) in [5.74, 6) is 1.01. The quantitative estimate of drug-likeness (QED) is 0.686. The fourth-order valence-corrected chi connectivity index (χ4v) is 3.91. The lowest BCUT2D eigenvalue weighted by atomic mass is 9.93. The first-order valence-corrected chi connectivity index (χ1v) is 10.4. The molecule has 32 heavy (non-hydrogen) atoms. The zero-order valence-electron chi connectivity index (χ0n) is 17.5. The van der Waals surface area contributed by atoms with Gasteiger partial charge in [-0.2, -0.15) is 0 Å². The molecular weight excluding hydrogens is 402 g/mol. The van der Waals surface area contributed by atoms with E-state index in [4.69, 9.17) is 4.74 Å². The van der Waals surface area contributed by atoms with Crippen LogP contribution < -0.4 is 15.0 Å². The van der Waals surface area contributed by atoms with Gasteiger partial charge in [0.2, 0.25) is 0 Å². The number of hydrogen-bond donors (Lipinski definition) is 1. The first-order chi connectivity index (χ1) is 15.6. The first-order valence-electron chi connectivity index (χ1n) is 10.4. The van der Waals surface area contributed by atoms with E-state index in [1.54, 1.807) is 36.7 Å². The highest BCUT2D eigenvalue weighted by Crippen LogP contribution is 2.36. The molecule has 1 aromatic heterocycles. The second-order valence-corrected chi connectivity index (χ2v) is 7.67. The highest BCUT2D eigenvalue weighted by atomic mass is 16.5. The van der Waals surface area contributed by atoms with E-state index >= 15 is 0 Å². The molecule has 0 saturated carbocycles. The molecule has 1 atom stereocenters. The number of aromatic nitrogens is 1. The van der Waals surface area contributed by atoms with Crippen molar-refractivity contribution in [2.45, 2.75) is 13.0 Å². The van der Waals surface area contributed by atoms with Crippen molar-refractivity contribution in [1.82, 2.24) is 10.3 Å². The minimum atomic E-state index is -0.527. The SMILES string of the molecule is Cc1cccnc1N1C=C2C(=O)c3ccccc3O[C@@H]2C=C1CNC(=O)c1ccccc1. The summed E-state index contributed by atoms with van der Waals surface area (Å²) in [6.07, 6.45) is 4.84. The first kappa shape index (κ1) is 19.8. The second-order valence-electron chi connectivity index (χ2n) is 7.67. The molecule has 6 nitrogen and oxygen atoms in total. The van der Waals surface area contributed by atoms with Crippen LogP contribution in [-0.2, 0) is 0 Å². The Morgan fingerprint density at radius 1 is 1.06 bits per heavy atom. The number of pyridine rings is 1. The molecule has 6 heteroatoms. The molecule has 5 rings (SSSR count). The molecular formula is C26H21N3O3. The summed E-state index contributed by atoms with van der Waals surface area (Å²) in [6.45, 7) is 2.21. The average Bonchev–Trinajstić information content (AvgIpc) is 2.83. The molecule has 0 unspecified atom stereocenters. The summed E-state index contributed by atoms with van der Waals surface area (Å²) in [7, 11) is 0. The Balaban J connectivity index is 1.50. The van der Waals surface area contributed by atoms with Crippen molar-refractivity contribution in [3.8, 4) is 5.75 Å². The second kappa shape index (κ2) is 8.15. The zero-order chi connectivity index (χ0) is 22.1. The lowest BCUT2D eigenvalue weighted by Crippen LogP contribution is -2.39. The third-order valence-corrected chi connectivity index (χ3v) is 5.55. The number of rotatable bonds is 4. The third-order valence-electron chi connectivity index (χ3n) is 5.55. The van der Waals surface area contributed by atoms with Crippen molar-refractivity contribution in [2.24, 2.45) is 0 Å². The molecule has 158 valence electrons. The van der Waals surface area contributed by atoms with Gasteiger partial charge in [0.15, 0.2) is 5.78 Å². The van der Waals surface area contributed by atoms with Crippen LogP contribution >= 0.6 is 0 Å². The molecule has 0 spiro atoms. The van der Waals surface area contributed by atoms with E-state index in [1.807, 2.05) is 60.4 Å². The van der Waals surface area contributed by atoms with E-state index in [1.165, 1.54) is 0 Å². The molecule has 2 aliphatic rings. The number of para-hydroxylation sites is 1. The van der Waals surface area contributed by atoms with Gasteiger partial charge < -0.3 is 15.0 Å². The molecule has 0 bridgehead atoms. The number of aryl methyl sites for hydroxylation is 1. The largest absolute Gasteiger partial charge is 0.481 e. The number of anilines is 1. The fraction of sp³-hybridized carbons (Fsp3) is 0.115. The van der Waals surface area contributed by atoms with Gasteiger partial charge in [-0.1, -0.05) is 36.4 Å². The number of nitrogens with one attached hydrogen (secondary N) is 1. The number of fused-ring (bicyclic) bond motifs is 2. The minimum absolute atomic E-state index is 0.0703. The van der Waals surface area contributed by atoms with E-state index in [0.717, 1.165) is 11.3 Å². The number of carbonyl (C=O) groups is 2. The zero-order valence-corrected chi connectivity index (χ0v) is 17.5. The molecule has 3 heterocycles. The van der Waals surface area contributed by atoms with E-state index < -0.39 is 6.10 Å². The van der Waals surface area contributed by atoms with Gasteiger partial charge in [0, 0.05) is 23.7 Å². The van der Waals surface area contributed by atoms with Crippen molar-refractivity contribution >= 4 is 17.5 Å². The summed E-state index contributed by atoms with van der Waals surface area (Å²) in [4.78, 5) is 32.2. The fourth-order valence-electron chi connectivity index (χ4n) is 3.91. The maximum absolute atomic E-state index is 13.2. The molecule has 0 saturated heterocycles. The van der Waals surface area contributed by atoms with Crippen LogP contribution in [0.15, 0.2) is 96.5 Å². The molecule has 0 aliphatic carbocycles. The summed E-state index contributed by atoms with van der Waals surface area (Å²) in [5.41, 5.74) is 3.39. The lowest BCUT2D eigenvalue weighted by Gasteiger charge is -2.34. The number of hydrogen-bond acceptors (Lipinski definition) is 5. The van der Waals surface area contributed by atoms with Gasteiger partial charge in [-0.05, 0) is 48.9 Å². The van der Waals surface area contributed by atoms with Crippen LogP contribution in [0.2, 0.25) is 0 Å². The minimum Gasteiger partial charge on any atom is -0.481 e. The molecule has 1 N–H and O–H groups in total. The van der Waals surface area contributed by atoms with Gasteiger partial charge in [0.05, 0.1) is 17.7 Å². The van der Waals surface area contributed by atoms with Gasteiger partial charge in [-0.3, -0.25) is 9.59 Å². The number of Topliss-reactive ketones (excluding diaryl/α,β-unsaturated/α-hetero) is 1. The normalized spacial score (nSPS) is 16.8. The molecule has 3 aromatic rings. The average molecular weight is 423 g/mol. The van der Waals surface area contributed by atoms with Gasteiger partial charge in [-0.25, -0.2) is 4.98 Å². The van der Waals surface area contributed by atoms with Crippen LogP contribution in [0.5, 0.6) is 5.75 Å². The van der Waals surface area contributed by atoms with E-state index in [2.05, 4.69) is 10.3 Å². The molecule has 0 fully saturated rings. The Bertz CT molecular complexity index is 1260. The highest BCUT2D eigenvalue weighted by molar-refractivity contribution is 6.13. The summed E-state index contributed by atoms with van der Waals surface area (Å²) >= 11 is 0. The summed E-state index contributed by atoms with van der Waals surface area (Å²) in [6, 6.07) is 20.1. The van der Waals surface area contributed by atoms with E-state index in [-0.39, 0.29) is 18.2 Å². The van der Waals surface area contributed by atoms with Gasteiger partial charge in [0.25, 0.3) is 5.91 Å². The molecule has 0 radical (unpaired) electrons. The highest BCUT2D eigenvalue weighted by Gasteiger charge is 2.35. The number of carbonyl (C=O) groups excluding carboxylic acids is 2. The molecule has 2 aromatic carbocycles. The van der Waals surface area contributed by atoms with Crippen molar-refractivity contribution in [3.63, 3.8) is 0 Å². The summed E-state index contributed by atoms with van der Waals surface area (Å²) in [5, 5.41) is 2.97. The van der Waals surface area contributed by atoms with Gasteiger partial charge >= 0.3 is 0 Å². The van der Waals surface area contributed by atoms with Gasteiger partial charge in [0.1, 0.15) is 17.7 Å². The van der Waals surface area contributed by atoms with Crippen molar-refractivity contribution in [3.05, 3.63) is 113 Å². The molecule has 1 amide bonds. The van der Waals surface area contributed by atoms with E-state index in [0.29, 0.717) is 28.3 Å². The monoisotopic (exact) mass is 423 g/mol. The van der Waals surface area contributed by atoms with Crippen molar-refractivity contribution in [1.29, 1.82) is 0 Å². The predicted molar refractivity (Wildman–Crippen MR) is 122 cm³/mol. The Labute approximate surface area is 185 Å². The topological polar surface area (TPSA) is 71.5 Å². The number of ketones is 1. The van der Waals surface area contributed by atoms with Crippen molar-refractivity contribution in [2.75, 3.05) is 11.4 Å². The molecule has 2 aliphatic heterocycles. The number of nitrogens with zero attached hydrogens (tertiary/aromatic N) is 2. The Hall–Kier alpha value is -4.19. The van der Waals surface area contributed by atoms with Crippen LogP contribution in [0.25, 0.3) is 0 Å². The number of ether oxygens (including phenoxy) is 1. The van der Waals surface area contributed by atoms with Crippen LogP contribution in [0.1, 0.15) is 26.3 Å². The Kier molecular flexibility index (Phi) is 5.03. The number of benzene rings is 2. The third kappa shape index (κ3) is 3.56. The maximum Gasteiger partial charge on any atom is 0.251 e. The smallest absolute Gasteiger partial charge is 0.251 e.